The summed E-state index contributed by atoms with van der Waals surface area (Å²) in [7, 11) is 0. The van der Waals surface area contributed by atoms with Crippen molar-refractivity contribution in [2.45, 2.75) is 32.6 Å². The molecule has 0 saturated carbocycles. The molecule has 5 nitrogen and oxygen atoms in total. The van der Waals surface area contributed by atoms with Gasteiger partial charge in [-0.05, 0) is 41.3 Å². The molecule has 0 bridgehead atoms. The summed E-state index contributed by atoms with van der Waals surface area (Å²) < 4.78 is 6.59. The lowest BCUT2D eigenvalue weighted by atomic mass is 9.86. The minimum atomic E-state index is -0.442. The van der Waals surface area contributed by atoms with Crippen LogP contribution < -0.4 is 15.6 Å². The Labute approximate surface area is 172 Å². The number of hydrogen-bond acceptors (Lipinski definition) is 3. The molecule has 0 spiro atoms. The van der Waals surface area contributed by atoms with E-state index in [1.54, 1.807) is 24.3 Å². The third-order valence-electron chi connectivity index (χ3n) is 3.73. The van der Waals surface area contributed by atoms with Crippen molar-refractivity contribution in [2.75, 3.05) is 6.61 Å². The molecule has 0 saturated heterocycles. The Balaban J connectivity index is 1.84. The highest BCUT2D eigenvalue weighted by Crippen LogP contribution is 2.33. The fourth-order valence-corrected chi connectivity index (χ4v) is 2.85. The second-order valence-electron chi connectivity index (χ2n) is 7.08. The molecule has 2 rings (SSSR count). The van der Waals surface area contributed by atoms with Crippen molar-refractivity contribution >= 4 is 39.3 Å². The smallest absolute Gasteiger partial charge is 0.276 e. The lowest BCUT2D eigenvalue weighted by molar-refractivity contribution is -0.129. The van der Waals surface area contributed by atoms with Crippen molar-refractivity contribution in [1.82, 2.24) is 10.9 Å². The first-order chi connectivity index (χ1) is 12.6. The maximum atomic E-state index is 12.0. The lowest BCUT2D eigenvalue weighted by Gasteiger charge is -2.23. The van der Waals surface area contributed by atoms with Gasteiger partial charge in [-0.15, -0.1) is 0 Å². The zero-order chi connectivity index (χ0) is 20.0. The molecule has 0 aromatic heterocycles. The Morgan fingerprint density at radius 2 is 1.67 bits per heavy atom. The number of rotatable bonds is 5. The number of benzene rings is 2. The summed E-state index contributed by atoms with van der Waals surface area (Å²) in [6.07, 6.45) is 0.138. The molecular formula is C20H22BrClN2O3. The highest BCUT2D eigenvalue weighted by atomic mass is 79.9. The van der Waals surface area contributed by atoms with E-state index in [0.29, 0.717) is 10.8 Å². The maximum absolute atomic E-state index is 12.0. The highest BCUT2D eigenvalue weighted by molar-refractivity contribution is 9.10. The molecule has 0 aliphatic carbocycles. The van der Waals surface area contributed by atoms with Crippen molar-refractivity contribution < 1.29 is 14.3 Å². The standard InChI is InChI=1S/C20H22BrClN2O3/c1-20(2,3)16-11-14(21)6-9-17(16)27-12-19(26)24-23-18(25)10-13-4-7-15(22)8-5-13/h4-9,11H,10,12H2,1-3H3,(H,23,25)(H,24,26). The molecule has 0 unspecified atom stereocenters. The quantitative estimate of drug-likeness (QED) is 0.668. The fourth-order valence-electron chi connectivity index (χ4n) is 2.36. The van der Waals surface area contributed by atoms with Gasteiger partial charge < -0.3 is 4.74 Å². The van der Waals surface area contributed by atoms with E-state index in [4.69, 9.17) is 16.3 Å². The number of hydrazine groups is 1. The SMILES string of the molecule is CC(C)(C)c1cc(Br)ccc1OCC(=O)NNC(=O)Cc1ccc(Cl)cc1. The van der Waals surface area contributed by atoms with Crippen LogP contribution in [-0.2, 0) is 21.4 Å². The summed E-state index contributed by atoms with van der Waals surface area (Å²) in [5.41, 5.74) is 6.38. The van der Waals surface area contributed by atoms with Gasteiger partial charge in [0.25, 0.3) is 5.91 Å². The van der Waals surface area contributed by atoms with E-state index < -0.39 is 5.91 Å². The number of amides is 2. The van der Waals surface area contributed by atoms with Gasteiger partial charge in [0.1, 0.15) is 5.75 Å². The number of carbonyl (C=O) groups excluding carboxylic acids is 2. The summed E-state index contributed by atoms with van der Waals surface area (Å²) in [6, 6.07) is 12.6. The molecule has 2 N–H and O–H groups in total. The number of ether oxygens (including phenoxy) is 1. The van der Waals surface area contributed by atoms with Crippen LogP contribution in [0.2, 0.25) is 5.02 Å². The second kappa shape index (κ2) is 9.24. The van der Waals surface area contributed by atoms with Crippen LogP contribution in [0.5, 0.6) is 5.75 Å². The molecule has 2 aromatic carbocycles. The van der Waals surface area contributed by atoms with E-state index in [-0.39, 0.29) is 24.3 Å². The van der Waals surface area contributed by atoms with E-state index in [1.165, 1.54) is 0 Å². The fraction of sp³-hybridized carbons (Fsp3) is 0.300. The van der Waals surface area contributed by atoms with Gasteiger partial charge in [0.2, 0.25) is 5.91 Å². The first-order valence-electron chi connectivity index (χ1n) is 8.40. The lowest BCUT2D eigenvalue weighted by Crippen LogP contribution is -2.44. The largest absolute Gasteiger partial charge is 0.483 e. The number of halogens is 2. The average Bonchev–Trinajstić information content (AvgIpc) is 2.60. The first-order valence-corrected chi connectivity index (χ1v) is 9.57. The van der Waals surface area contributed by atoms with Crippen LogP contribution in [0.4, 0.5) is 0 Å². The van der Waals surface area contributed by atoms with E-state index in [2.05, 4.69) is 47.6 Å². The third kappa shape index (κ3) is 6.88. The Hall–Kier alpha value is -2.05. The molecule has 2 amide bonds. The van der Waals surface area contributed by atoms with Crippen molar-refractivity contribution in [3.05, 3.63) is 63.1 Å². The predicted molar refractivity (Wildman–Crippen MR) is 110 cm³/mol. The van der Waals surface area contributed by atoms with Crippen LogP contribution in [-0.4, -0.2) is 18.4 Å². The molecule has 144 valence electrons. The molecule has 0 aliphatic heterocycles. The number of hydrogen-bond donors (Lipinski definition) is 2. The van der Waals surface area contributed by atoms with E-state index >= 15 is 0 Å². The maximum Gasteiger partial charge on any atom is 0.276 e. The monoisotopic (exact) mass is 452 g/mol. The number of carbonyl (C=O) groups is 2. The molecule has 0 radical (unpaired) electrons. The molecule has 0 aliphatic rings. The predicted octanol–water partition coefficient (Wildman–Crippen LogP) is 4.17. The molecule has 0 atom stereocenters. The van der Waals surface area contributed by atoms with Crippen molar-refractivity contribution in [3.63, 3.8) is 0 Å². The molecule has 0 fully saturated rings. The molecular weight excluding hydrogens is 432 g/mol. The second-order valence-corrected chi connectivity index (χ2v) is 8.43. The van der Waals surface area contributed by atoms with Crippen molar-refractivity contribution in [2.24, 2.45) is 0 Å². The Morgan fingerprint density at radius 1 is 1.04 bits per heavy atom. The van der Waals surface area contributed by atoms with Crippen LogP contribution in [0, 0.1) is 0 Å². The summed E-state index contributed by atoms with van der Waals surface area (Å²) in [4.78, 5) is 23.9. The average molecular weight is 454 g/mol. The minimum absolute atomic E-state index is 0.137. The zero-order valence-electron chi connectivity index (χ0n) is 15.4. The summed E-state index contributed by atoms with van der Waals surface area (Å²) >= 11 is 9.26. The van der Waals surface area contributed by atoms with Gasteiger partial charge >= 0.3 is 0 Å². The van der Waals surface area contributed by atoms with Gasteiger partial charge in [-0.25, -0.2) is 0 Å². The van der Waals surface area contributed by atoms with E-state index in [1.807, 2.05) is 18.2 Å². The van der Waals surface area contributed by atoms with Crippen LogP contribution in [0.1, 0.15) is 31.9 Å². The van der Waals surface area contributed by atoms with Gasteiger partial charge in [-0.1, -0.05) is 60.4 Å². The Bertz CT molecular complexity index is 817. The third-order valence-corrected chi connectivity index (χ3v) is 4.47. The van der Waals surface area contributed by atoms with Crippen LogP contribution in [0.15, 0.2) is 46.9 Å². The number of nitrogens with one attached hydrogen (secondary N) is 2. The zero-order valence-corrected chi connectivity index (χ0v) is 17.8. The van der Waals surface area contributed by atoms with Gasteiger partial charge in [0.15, 0.2) is 6.61 Å². The summed E-state index contributed by atoms with van der Waals surface area (Å²) in [5.74, 6) is -0.139. The van der Waals surface area contributed by atoms with Crippen LogP contribution in [0.25, 0.3) is 0 Å². The highest BCUT2D eigenvalue weighted by Gasteiger charge is 2.20. The van der Waals surface area contributed by atoms with E-state index in [9.17, 15) is 9.59 Å². The molecule has 2 aromatic rings. The van der Waals surface area contributed by atoms with Crippen LogP contribution in [0.3, 0.4) is 0 Å². The summed E-state index contributed by atoms with van der Waals surface area (Å²) in [5, 5.41) is 0.604. The molecule has 0 heterocycles. The normalized spacial score (nSPS) is 11.0. The van der Waals surface area contributed by atoms with Gasteiger partial charge in [0, 0.05) is 15.1 Å². The van der Waals surface area contributed by atoms with Crippen molar-refractivity contribution in [1.29, 1.82) is 0 Å². The van der Waals surface area contributed by atoms with E-state index in [0.717, 1.165) is 15.6 Å². The summed E-state index contributed by atoms with van der Waals surface area (Å²) in [6.45, 7) is 6.00. The van der Waals surface area contributed by atoms with Crippen LogP contribution >= 0.6 is 27.5 Å². The minimum Gasteiger partial charge on any atom is -0.483 e. The Morgan fingerprint density at radius 3 is 2.30 bits per heavy atom. The van der Waals surface area contributed by atoms with Crippen molar-refractivity contribution in [3.8, 4) is 5.75 Å². The van der Waals surface area contributed by atoms with Gasteiger partial charge in [-0.2, -0.15) is 0 Å². The Kier molecular flexibility index (Phi) is 7.27. The first kappa shape index (κ1) is 21.3. The molecule has 27 heavy (non-hydrogen) atoms. The molecule has 7 heteroatoms. The topological polar surface area (TPSA) is 67.4 Å². The van der Waals surface area contributed by atoms with Gasteiger partial charge in [-0.3, -0.25) is 20.4 Å². The van der Waals surface area contributed by atoms with Gasteiger partial charge in [0.05, 0.1) is 6.42 Å².